The quantitative estimate of drug-likeness (QED) is 0.626. The van der Waals surface area contributed by atoms with Gasteiger partial charge in [0.1, 0.15) is 5.82 Å². The summed E-state index contributed by atoms with van der Waals surface area (Å²) in [6.07, 6.45) is 3.15. The van der Waals surface area contributed by atoms with Crippen LogP contribution < -0.4 is 0 Å². The number of halogens is 1. The van der Waals surface area contributed by atoms with Gasteiger partial charge in [-0.3, -0.25) is 0 Å². The highest BCUT2D eigenvalue weighted by Gasteiger charge is 2.03. The molecule has 21 heavy (non-hydrogen) atoms. The molecule has 0 atom stereocenters. The number of hydrogen-bond acceptors (Lipinski definition) is 3. The van der Waals surface area contributed by atoms with Crippen LogP contribution in [0.3, 0.4) is 0 Å². The number of carbonyl (C=O) groups is 1. The van der Waals surface area contributed by atoms with E-state index in [4.69, 9.17) is 9.84 Å². The number of benzene rings is 1. The maximum Gasteiger partial charge on any atom is 0.328 e. The summed E-state index contributed by atoms with van der Waals surface area (Å²) in [5.41, 5.74) is 0.978. The first-order chi connectivity index (χ1) is 10.1. The molecule has 0 aliphatic carbocycles. The van der Waals surface area contributed by atoms with Crippen molar-refractivity contribution in [2.75, 3.05) is 6.61 Å². The van der Waals surface area contributed by atoms with Gasteiger partial charge in [-0.05, 0) is 29.2 Å². The molecule has 3 nitrogen and oxygen atoms in total. The van der Waals surface area contributed by atoms with Crippen molar-refractivity contribution in [1.82, 2.24) is 0 Å². The predicted octanol–water partition coefficient (Wildman–Crippen LogP) is 3.74. The number of carboxylic acids is 1. The van der Waals surface area contributed by atoms with Gasteiger partial charge in [-0.25, -0.2) is 9.18 Å². The van der Waals surface area contributed by atoms with Gasteiger partial charge >= 0.3 is 5.97 Å². The third-order valence-corrected chi connectivity index (χ3v) is 3.76. The Kier molecular flexibility index (Phi) is 5.66. The molecular formula is C16H15FO3S. The lowest BCUT2D eigenvalue weighted by Gasteiger charge is -2.06. The lowest BCUT2D eigenvalue weighted by molar-refractivity contribution is -0.131. The Bertz CT molecular complexity index is 620. The first-order valence-electron chi connectivity index (χ1n) is 6.45. The molecule has 1 heterocycles. The zero-order valence-corrected chi connectivity index (χ0v) is 12.1. The average Bonchev–Trinajstić information content (AvgIpc) is 2.96. The first kappa shape index (κ1) is 15.4. The van der Waals surface area contributed by atoms with E-state index >= 15 is 0 Å². The Labute approximate surface area is 126 Å². The van der Waals surface area contributed by atoms with Gasteiger partial charge in [0.25, 0.3) is 0 Å². The van der Waals surface area contributed by atoms with Gasteiger partial charge in [-0.2, -0.15) is 0 Å². The summed E-state index contributed by atoms with van der Waals surface area (Å²) in [6.45, 7) is 0.751. The molecule has 1 N–H and O–H groups in total. The molecule has 2 rings (SSSR count). The standard InChI is InChI=1S/C16H15FO3S/c17-15-10-12(4-6-16(18)19)3-5-13(15)11-20-8-7-14-2-1-9-21-14/h1-6,9-10H,7-8,11H2,(H,18,19). The number of thiophene rings is 1. The van der Waals surface area contributed by atoms with E-state index in [-0.39, 0.29) is 6.61 Å². The number of ether oxygens (including phenoxy) is 1. The summed E-state index contributed by atoms with van der Waals surface area (Å²) in [5, 5.41) is 10.5. The number of rotatable bonds is 7. The van der Waals surface area contributed by atoms with E-state index < -0.39 is 11.8 Å². The maximum absolute atomic E-state index is 13.8. The number of aliphatic carboxylic acids is 1. The molecule has 0 radical (unpaired) electrons. The second-order valence-corrected chi connectivity index (χ2v) is 5.44. The van der Waals surface area contributed by atoms with Crippen molar-refractivity contribution < 1.29 is 19.0 Å². The SMILES string of the molecule is O=C(O)C=Cc1ccc(COCCc2cccs2)c(F)c1. The van der Waals surface area contributed by atoms with Crippen molar-refractivity contribution in [1.29, 1.82) is 0 Å². The van der Waals surface area contributed by atoms with Gasteiger partial charge in [0.2, 0.25) is 0 Å². The molecule has 0 saturated heterocycles. The maximum atomic E-state index is 13.8. The summed E-state index contributed by atoms with van der Waals surface area (Å²) >= 11 is 1.67. The fourth-order valence-corrected chi connectivity index (χ4v) is 2.45. The topological polar surface area (TPSA) is 46.5 Å². The summed E-state index contributed by atoms with van der Waals surface area (Å²) < 4.78 is 19.3. The Morgan fingerprint density at radius 2 is 2.24 bits per heavy atom. The molecule has 0 bridgehead atoms. The lowest BCUT2D eigenvalue weighted by Crippen LogP contribution is -2.00. The van der Waals surface area contributed by atoms with Crippen LogP contribution in [0.1, 0.15) is 16.0 Å². The van der Waals surface area contributed by atoms with E-state index in [0.717, 1.165) is 12.5 Å². The molecule has 1 aromatic heterocycles. The molecule has 0 aliphatic heterocycles. The molecule has 2 aromatic rings. The van der Waals surface area contributed by atoms with Gasteiger partial charge in [-0.15, -0.1) is 11.3 Å². The Balaban J connectivity index is 1.84. The minimum atomic E-state index is -1.06. The molecule has 0 amide bonds. The van der Waals surface area contributed by atoms with Gasteiger partial charge in [0.05, 0.1) is 13.2 Å². The minimum Gasteiger partial charge on any atom is -0.478 e. The van der Waals surface area contributed by atoms with Crippen molar-refractivity contribution in [3.63, 3.8) is 0 Å². The van der Waals surface area contributed by atoms with E-state index in [9.17, 15) is 9.18 Å². The highest BCUT2D eigenvalue weighted by molar-refractivity contribution is 7.09. The number of hydrogen-bond donors (Lipinski definition) is 1. The van der Waals surface area contributed by atoms with Crippen molar-refractivity contribution in [2.45, 2.75) is 13.0 Å². The van der Waals surface area contributed by atoms with Crippen molar-refractivity contribution >= 4 is 23.4 Å². The van der Waals surface area contributed by atoms with Gasteiger partial charge in [0.15, 0.2) is 0 Å². The van der Waals surface area contributed by atoms with Crippen molar-refractivity contribution in [2.24, 2.45) is 0 Å². The van der Waals surface area contributed by atoms with Crippen LogP contribution in [0.5, 0.6) is 0 Å². The summed E-state index contributed by atoms with van der Waals surface area (Å²) in [4.78, 5) is 11.6. The summed E-state index contributed by atoms with van der Waals surface area (Å²) in [6, 6.07) is 8.61. The largest absolute Gasteiger partial charge is 0.478 e. The van der Waals surface area contributed by atoms with Crippen LogP contribution in [0.25, 0.3) is 6.08 Å². The molecule has 1 aromatic carbocycles. The van der Waals surface area contributed by atoms with Crippen LogP contribution in [0.2, 0.25) is 0 Å². The molecule has 0 spiro atoms. The molecule has 0 fully saturated rings. The minimum absolute atomic E-state index is 0.208. The predicted molar refractivity (Wildman–Crippen MR) is 80.7 cm³/mol. The van der Waals surface area contributed by atoms with Gasteiger partial charge in [0, 0.05) is 22.9 Å². The van der Waals surface area contributed by atoms with E-state index in [0.29, 0.717) is 17.7 Å². The first-order valence-corrected chi connectivity index (χ1v) is 7.32. The zero-order valence-electron chi connectivity index (χ0n) is 11.3. The van der Waals surface area contributed by atoms with E-state index in [2.05, 4.69) is 0 Å². The summed E-state index contributed by atoms with van der Waals surface area (Å²) in [5.74, 6) is -1.45. The van der Waals surface area contributed by atoms with Crippen LogP contribution in [0.15, 0.2) is 41.8 Å². The van der Waals surface area contributed by atoms with Crippen molar-refractivity contribution in [3.05, 3.63) is 63.6 Å². The van der Waals surface area contributed by atoms with Gasteiger partial charge < -0.3 is 9.84 Å². The molecule has 0 unspecified atom stereocenters. The highest BCUT2D eigenvalue weighted by atomic mass is 32.1. The van der Waals surface area contributed by atoms with Crippen LogP contribution in [0, 0.1) is 5.82 Å². The Hall–Kier alpha value is -1.98. The van der Waals surface area contributed by atoms with Gasteiger partial charge in [-0.1, -0.05) is 18.2 Å². The van der Waals surface area contributed by atoms with E-state index in [1.807, 2.05) is 17.5 Å². The van der Waals surface area contributed by atoms with Crippen LogP contribution in [0.4, 0.5) is 4.39 Å². The average molecular weight is 306 g/mol. The van der Waals surface area contributed by atoms with Crippen molar-refractivity contribution in [3.8, 4) is 0 Å². The molecule has 0 saturated carbocycles. The fourth-order valence-electron chi connectivity index (χ4n) is 1.76. The molecule has 110 valence electrons. The smallest absolute Gasteiger partial charge is 0.328 e. The Morgan fingerprint density at radius 3 is 2.90 bits per heavy atom. The molecule has 0 aliphatic rings. The summed E-state index contributed by atoms with van der Waals surface area (Å²) in [7, 11) is 0. The molecular weight excluding hydrogens is 291 g/mol. The second-order valence-electron chi connectivity index (χ2n) is 4.40. The molecule has 5 heteroatoms. The lowest BCUT2D eigenvalue weighted by atomic mass is 10.1. The Morgan fingerprint density at radius 1 is 1.38 bits per heavy atom. The van der Waals surface area contributed by atoms with Crippen LogP contribution >= 0.6 is 11.3 Å². The number of carboxylic acid groups (broad SMARTS) is 1. The highest BCUT2D eigenvalue weighted by Crippen LogP contribution is 2.14. The zero-order chi connectivity index (χ0) is 15.1. The van der Waals surface area contributed by atoms with Crippen LogP contribution in [-0.4, -0.2) is 17.7 Å². The normalized spacial score (nSPS) is 11.1. The monoisotopic (exact) mass is 306 g/mol. The van der Waals surface area contributed by atoms with E-state index in [1.165, 1.54) is 17.0 Å². The third kappa shape index (κ3) is 5.13. The van der Waals surface area contributed by atoms with E-state index in [1.54, 1.807) is 23.5 Å². The fraction of sp³-hybridized carbons (Fsp3) is 0.188. The third-order valence-electron chi connectivity index (χ3n) is 2.83. The second kappa shape index (κ2) is 7.71. The van der Waals surface area contributed by atoms with Crippen LogP contribution in [-0.2, 0) is 22.6 Å².